The Hall–Kier alpha value is -3.67. The second-order valence-corrected chi connectivity index (χ2v) is 10.5. The maximum atomic E-state index is 13.5. The summed E-state index contributed by atoms with van der Waals surface area (Å²) in [5.41, 5.74) is 2.68. The Labute approximate surface area is 221 Å². The van der Waals surface area contributed by atoms with Gasteiger partial charge in [-0.25, -0.2) is 0 Å². The summed E-state index contributed by atoms with van der Waals surface area (Å²) in [6, 6.07) is 3.06. The number of nitrogens with two attached hydrogens (primary N) is 1. The van der Waals surface area contributed by atoms with Crippen molar-refractivity contribution in [2.24, 2.45) is 17.6 Å². The van der Waals surface area contributed by atoms with Crippen LogP contribution in [0.25, 0.3) is 5.76 Å². The minimum absolute atomic E-state index is 0.0380. The molecule has 16 heteroatoms. The van der Waals surface area contributed by atoms with Crippen molar-refractivity contribution in [3.05, 3.63) is 46.2 Å². The second kappa shape index (κ2) is 10.5. The van der Waals surface area contributed by atoms with E-state index in [1.165, 1.54) is 11.0 Å². The Kier molecular flexibility index (Phi) is 8.03. The van der Waals surface area contributed by atoms with Crippen LogP contribution in [-0.2, 0) is 36.0 Å². The first-order valence-corrected chi connectivity index (χ1v) is 12.7. The van der Waals surface area contributed by atoms with E-state index in [1.54, 1.807) is 26.2 Å². The number of carbonyl (C=O) groups excluding carboxylic acids is 4. The number of imide groups is 1. The molecule has 9 N–H and O–H groups in total. The monoisotopic (exact) mass is 569 g/mol. The number of aromatic hydroxyl groups is 1. The van der Waals surface area contributed by atoms with Gasteiger partial charge in [0.15, 0.2) is 11.4 Å². The zero-order chi connectivity index (χ0) is 29.6. The molecule has 0 radical (unpaired) electrons. The third-order valence-electron chi connectivity index (χ3n) is 6.68. The van der Waals surface area contributed by atoms with E-state index >= 15 is 0 Å². The molecule has 1 aromatic rings. The molecule has 0 heterocycles. The number of carbonyl (C=O) groups is 4. The van der Waals surface area contributed by atoms with Crippen LogP contribution in [0.1, 0.15) is 17.5 Å². The first-order valence-electron chi connectivity index (χ1n) is 11.3. The van der Waals surface area contributed by atoms with E-state index in [0.717, 1.165) is 0 Å². The lowest BCUT2D eigenvalue weighted by Gasteiger charge is -2.48. The van der Waals surface area contributed by atoms with E-state index in [9.17, 15) is 39.6 Å². The number of rotatable bonds is 3. The number of likely N-dealkylation sites (N-methyl/N-ethyl adjacent to an activating group) is 1. The van der Waals surface area contributed by atoms with Gasteiger partial charge < -0.3 is 31.1 Å². The third kappa shape index (κ3) is 5.56. The molecule has 212 valence electrons. The average Bonchev–Trinajstić information content (AvgIpc) is 2.78. The van der Waals surface area contributed by atoms with E-state index in [0.29, 0.717) is 5.56 Å². The molecular weight excluding hydrogens is 542 g/mol. The molecule has 1 saturated carbocycles. The number of aliphatic hydroxyl groups excluding tert-OH is 2. The molecule has 2 amide bonds. The van der Waals surface area contributed by atoms with Crippen molar-refractivity contribution in [2.75, 3.05) is 20.6 Å². The van der Waals surface area contributed by atoms with E-state index in [2.05, 4.69) is 0 Å². The second-order valence-electron chi connectivity index (χ2n) is 9.59. The zero-order valence-corrected chi connectivity index (χ0v) is 21.5. The molecule has 0 aromatic heterocycles. The van der Waals surface area contributed by atoms with Gasteiger partial charge in [-0.05, 0) is 44.5 Å². The molecule has 15 nitrogen and oxygen atoms in total. The number of nitrogens with one attached hydrogen (secondary N) is 1. The number of hydrogen-bond acceptors (Lipinski definition) is 12. The number of hydrogen-bond donors (Lipinski definition) is 8. The lowest BCUT2D eigenvalue weighted by Crippen LogP contribution is -2.65. The van der Waals surface area contributed by atoms with Crippen LogP contribution in [0.2, 0.25) is 0 Å². The van der Waals surface area contributed by atoms with Crippen molar-refractivity contribution in [2.45, 2.75) is 24.5 Å². The van der Waals surface area contributed by atoms with Crippen molar-refractivity contribution in [1.29, 1.82) is 0 Å². The van der Waals surface area contributed by atoms with E-state index in [-0.39, 0.29) is 36.3 Å². The molecule has 39 heavy (non-hydrogen) atoms. The molecule has 0 bridgehead atoms. The number of nitrogens with zero attached hydrogens (tertiary/aromatic N) is 1. The summed E-state index contributed by atoms with van der Waals surface area (Å²) in [5, 5.41) is 45.3. The number of aliphatic hydroxyl groups is 3. The largest absolute Gasteiger partial charge is 0.508 e. The topological polar surface area (TPSA) is 265 Å². The van der Waals surface area contributed by atoms with Crippen LogP contribution >= 0.6 is 0 Å². The van der Waals surface area contributed by atoms with Crippen molar-refractivity contribution >= 4 is 39.5 Å². The number of benzene rings is 1. The molecule has 1 aromatic carbocycles. The van der Waals surface area contributed by atoms with Crippen molar-refractivity contribution < 1.29 is 57.1 Å². The summed E-state index contributed by atoms with van der Waals surface area (Å²) >= 11 is 0. The summed E-state index contributed by atoms with van der Waals surface area (Å²) in [6.07, 6.45) is 0.168. The van der Waals surface area contributed by atoms with Gasteiger partial charge >= 0.3 is 10.4 Å². The first-order chi connectivity index (χ1) is 17.9. The van der Waals surface area contributed by atoms with Crippen LogP contribution in [0.15, 0.2) is 35.1 Å². The normalized spacial score (nSPS) is 26.3. The highest BCUT2D eigenvalue weighted by atomic mass is 32.3. The molecule has 3 aliphatic rings. The Morgan fingerprint density at radius 1 is 1.15 bits per heavy atom. The molecule has 4 rings (SSSR count). The van der Waals surface area contributed by atoms with E-state index in [1.807, 2.05) is 5.32 Å². The van der Waals surface area contributed by atoms with Crippen LogP contribution in [0.4, 0.5) is 0 Å². The van der Waals surface area contributed by atoms with Crippen LogP contribution in [-0.4, -0.2) is 98.5 Å². The Balaban J connectivity index is 0.000000771. The minimum atomic E-state index is -4.67. The van der Waals surface area contributed by atoms with Gasteiger partial charge in [0.1, 0.15) is 22.8 Å². The van der Waals surface area contributed by atoms with Crippen LogP contribution in [0.3, 0.4) is 0 Å². The van der Waals surface area contributed by atoms with Crippen LogP contribution in [0.5, 0.6) is 5.75 Å². The highest BCUT2D eigenvalue weighted by molar-refractivity contribution is 7.79. The number of Topliss-reactive ketones (excluding diaryl/α,β-unsaturated/α-hetero) is 2. The highest BCUT2D eigenvalue weighted by Crippen LogP contribution is 2.51. The van der Waals surface area contributed by atoms with Crippen LogP contribution < -0.4 is 11.1 Å². The van der Waals surface area contributed by atoms with Gasteiger partial charge in [-0.2, -0.15) is 8.42 Å². The van der Waals surface area contributed by atoms with E-state index < -0.39 is 74.3 Å². The number of phenols is 1. The van der Waals surface area contributed by atoms with Crippen molar-refractivity contribution in [3.63, 3.8) is 0 Å². The average molecular weight is 570 g/mol. The SMILES string of the molecule is CN(C)CC(=O)NC(=O)C1=C(O)C2(O)C(=O)C3=C(O)c4c(O)cccc4CC3CC2C(N)C1=O.O=S(=O)(O)O. The molecule has 4 unspecified atom stereocenters. The van der Waals surface area contributed by atoms with Crippen LogP contribution in [0, 0.1) is 11.8 Å². The van der Waals surface area contributed by atoms with Gasteiger partial charge in [0.25, 0.3) is 5.91 Å². The van der Waals surface area contributed by atoms with Gasteiger partial charge in [-0.3, -0.25) is 33.6 Å². The fourth-order valence-electron chi connectivity index (χ4n) is 5.15. The van der Waals surface area contributed by atoms with Gasteiger partial charge in [0.2, 0.25) is 11.7 Å². The lowest BCUT2D eigenvalue weighted by atomic mass is 9.58. The molecule has 0 saturated heterocycles. The molecule has 0 aliphatic heterocycles. The quantitative estimate of drug-likeness (QED) is 0.151. The molecule has 4 atom stereocenters. The highest BCUT2D eigenvalue weighted by Gasteiger charge is 2.63. The maximum absolute atomic E-state index is 13.5. The predicted octanol–water partition coefficient (Wildman–Crippen LogP) is -1.57. The standard InChI is InChI=1S/C23H25N3O8.H2O4S/c1-26(2)8-13(28)25-22(33)16-19(30)17(24)11-7-10-6-9-4-3-5-12(27)14(9)18(29)15(10)20(31)23(11,34)21(16)32;1-5(2,3)4/h3-5,10-11,17,27,29,32,34H,6-8,24H2,1-2H3,(H,25,28,33);(H2,1,2,3,4). The Morgan fingerprint density at radius 2 is 1.74 bits per heavy atom. The summed E-state index contributed by atoms with van der Waals surface area (Å²) in [4.78, 5) is 52.6. The maximum Gasteiger partial charge on any atom is 0.394 e. The van der Waals surface area contributed by atoms with E-state index in [4.69, 9.17) is 23.3 Å². The first kappa shape index (κ1) is 29.9. The molecular formula is C23H27N3O12S. The summed E-state index contributed by atoms with van der Waals surface area (Å²) in [5.74, 6) is -8.16. The number of amides is 2. The zero-order valence-electron chi connectivity index (χ0n) is 20.7. The van der Waals surface area contributed by atoms with Crippen molar-refractivity contribution in [1.82, 2.24) is 10.2 Å². The van der Waals surface area contributed by atoms with Gasteiger partial charge in [0, 0.05) is 11.5 Å². The number of fused-ring (bicyclic) bond motifs is 3. The molecule has 0 spiro atoms. The van der Waals surface area contributed by atoms with Gasteiger partial charge in [0.05, 0.1) is 18.2 Å². The molecule has 1 fully saturated rings. The number of ketones is 2. The lowest BCUT2D eigenvalue weighted by molar-refractivity contribution is -0.149. The Morgan fingerprint density at radius 3 is 2.31 bits per heavy atom. The fraction of sp³-hybridized carbons (Fsp3) is 0.391. The van der Waals surface area contributed by atoms with Gasteiger partial charge in [-0.1, -0.05) is 12.1 Å². The predicted molar refractivity (Wildman–Crippen MR) is 131 cm³/mol. The fourth-order valence-corrected chi connectivity index (χ4v) is 5.15. The Bertz CT molecular complexity index is 1420. The summed E-state index contributed by atoms with van der Waals surface area (Å²) < 4.78 is 31.6. The summed E-state index contributed by atoms with van der Waals surface area (Å²) in [7, 11) is -1.51. The third-order valence-corrected chi connectivity index (χ3v) is 6.68. The van der Waals surface area contributed by atoms with Gasteiger partial charge in [-0.15, -0.1) is 0 Å². The molecule has 3 aliphatic carbocycles. The number of phenolic OH excluding ortho intramolecular Hbond substituents is 1. The minimum Gasteiger partial charge on any atom is -0.508 e. The smallest absolute Gasteiger partial charge is 0.394 e. The van der Waals surface area contributed by atoms with Crippen molar-refractivity contribution in [3.8, 4) is 5.75 Å². The summed E-state index contributed by atoms with van der Waals surface area (Å²) in [6.45, 7) is -0.197.